The van der Waals surface area contributed by atoms with Crippen LogP contribution >= 0.6 is 0 Å². The van der Waals surface area contributed by atoms with Gasteiger partial charge in [0.05, 0.1) is 11.8 Å². The lowest BCUT2D eigenvalue weighted by molar-refractivity contribution is 0.533. The Kier molecular flexibility index (Phi) is 2.08. The van der Waals surface area contributed by atoms with Crippen molar-refractivity contribution in [2.24, 2.45) is 0 Å². The number of benzene rings is 1. The summed E-state index contributed by atoms with van der Waals surface area (Å²) in [6.07, 6.45) is 1.34. The van der Waals surface area contributed by atoms with Gasteiger partial charge in [-0.1, -0.05) is 6.07 Å². The molecule has 0 N–H and O–H groups in total. The highest BCUT2D eigenvalue weighted by Gasteiger charge is 2.12. The van der Waals surface area contributed by atoms with Gasteiger partial charge in [0.1, 0.15) is 17.4 Å². The van der Waals surface area contributed by atoms with Crippen LogP contribution in [0.25, 0.3) is 11.1 Å². The van der Waals surface area contributed by atoms with Crippen molar-refractivity contribution in [3.05, 3.63) is 47.9 Å². The molecule has 3 heteroatoms. The minimum absolute atomic E-state index is 0.0376. The van der Waals surface area contributed by atoms with Gasteiger partial charge in [-0.05, 0) is 25.1 Å². The minimum Gasteiger partial charge on any atom is -0.469 e. The molecule has 0 aliphatic heterocycles. The molecule has 0 fully saturated rings. The third kappa shape index (κ3) is 1.41. The van der Waals surface area contributed by atoms with Crippen molar-refractivity contribution < 1.29 is 13.2 Å². The highest BCUT2D eigenvalue weighted by atomic mass is 19.1. The molecule has 0 aliphatic carbocycles. The second kappa shape index (κ2) is 3.25. The van der Waals surface area contributed by atoms with Crippen molar-refractivity contribution in [1.82, 2.24) is 0 Å². The molecule has 14 heavy (non-hydrogen) atoms. The molecule has 0 aliphatic rings. The standard InChI is InChI=1S/C11H8F2O/c1-7-5-8(6-14-7)11-9(12)3-2-4-10(11)13/h2-6H,1H3. The third-order valence-electron chi connectivity index (χ3n) is 1.98. The first kappa shape index (κ1) is 8.94. The van der Waals surface area contributed by atoms with Crippen LogP contribution in [0.3, 0.4) is 0 Å². The molecular weight excluding hydrogens is 186 g/mol. The van der Waals surface area contributed by atoms with Gasteiger partial charge in [0, 0.05) is 5.56 Å². The second-order valence-electron chi connectivity index (χ2n) is 3.04. The van der Waals surface area contributed by atoms with E-state index in [1.54, 1.807) is 13.0 Å². The van der Waals surface area contributed by atoms with Crippen molar-refractivity contribution in [3.8, 4) is 11.1 Å². The Morgan fingerprint density at radius 2 is 1.79 bits per heavy atom. The van der Waals surface area contributed by atoms with Crippen LogP contribution in [-0.2, 0) is 0 Å². The Morgan fingerprint density at radius 3 is 2.29 bits per heavy atom. The lowest BCUT2D eigenvalue weighted by atomic mass is 10.1. The number of hydrogen-bond donors (Lipinski definition) is 0. The van der Waals surface area contributed by atoms with Crippen molar-refractivity contribution in [2.45, 2.75) is 6.92 Å². The van der Waals surface area contributed by atoms with Crippen LogP contribution in [0.2, 0.25) is 0 Å². The largest absolute Gasteiger partial charge is 0.469 e. The zero-order valence-electron chi connectivity index (χ0n) is 7.55. The molecule has 0 spiro atoms. The monoisotopic (exact) mass is 194 g/mol. The predicted molar refractivity (Wildman–Crippen MR) is 48.8 cm³/mol. The summed E-state index contributed by atoms with van der Waals surface area (Å²) in [5.74, 6) is -0.528. The molecule has 0 saturated heterocycles. The average molecular weight is 194 g/mol. The topological polar surface area (TPSA) is 13.1 Å². The fourth-order valence-corrected chi connectivity index (χ4v) is 1.35. The summed E-state index contributed by atoms with van der Waals surface area (Å²) in [5.41, 5.74) is 0.391. The Bertz CT molecular complexity index is 440. The summed E-state index contributed by atoms with van der Waals surface area (Å²) in [6.45, 7) is 1.72. The summed E-state index contributed by atoms with van der Waals surface area (Å²) < 4.78 is 31.5. The molecule has 2 aromatic rings. The molecule has 0 amide bonds. The molecule has 0 saturated carbocycles. The van der Waals surface area contributed by atoms with Gasteiger partial charge in [0.2, 0.25) is 0 Å². The first-order valence-electron chi connectivity index (χ1n) is 4.18. The highest BCUT2D eigenvalue weighted by molar-refractivity contribution is 5.64. The molecule has 72 valence electrons. The predicted octanol–water partition coefficient (Wildman–Crippen LogP) is 3.53. The Labute approximate surface area is 80.0 Å². The Hall–Kier alpha value is -1.64. The minimum atomic E-state index is -0.578. The van der Waals surface area contributed by atoms with Crippen LogP contribution in [0.5, 0.6) is 0 Å². The van der Waals surface area contributed by atoms with Gasteiger partial charge < -0.3 is 4.42 Å². The fourth-order valence-electron chi connectivity index (χ4n) is 1.35. The van der Waals surface area contributed by atoms with E-state index < -0.39 is 11.6 Å². The van der Waals surface area contributed by atoms with Crippen LogP contribution in [0.15, 0.2) is 34.9 Å². The van der Waals surface area contributed by atoms with Crippen LogP contribution in [0.4, 0.5) is 8.78 Å². The smallest absolute Gasteiger partial charge is 0.134 e. The Morgan fingerprint density at radius 1 is 1.14 bits per heavy atom. The SMILES string of the molecule is Cc1cc(-c2c(F)cccc2F)co1. The molecule has 2 rings (SSSR count). The van der Waals surface area contributed by atoms with E-state index in [-0.39, 0.29) is 5.56 Å². The molecule has 1 heterocycles. The summed E-state index contributed by atoms with van der Waals surface area (Å²) in [6, 6.07) is 5.38. The summed E-state index contributed by atoms with van der Waals surface area (Å²) in [4.78, 5) is 0. The van der Waals surface area contributed by atoms with Crippen LogP contribution in [-0.4, -0.2) is 0 Å². The van der Waals surface area contributed by atoms with Crippen LogP contribution in [0, 0.1) is 18.6 Å². The van der Waals surface area contributed by atoms with E-state index >= 15 is 0 Å². The Balaban J connectivity index is 2.61. The summed E-state index contributed by atoms with van der Waals surface area (Å²) in [5, 5.41) is 0. The number of halogens is 2. The van der Waals surface area contributed by atoms with Gasteiger partial charge in [0.25, 0.3) is 0 Å². The lowest BCUT2D eigenvalue weighted by Gasteiger charge is -2.00. The van der Waals surface area contributed by atoms with Crippen LogP contribution in [0.1, 0.15) is 5.76 Å². The maximum Gasteiger partial charge on any atom is 0.134 e. The summed E-state index contributed by atoms with van der Waals surface area (Å²) >= 11 is 0. The molecule has 1 nitrogen and oxygen atoms in total. The van der Waals surface area contributed by atoms with E-state index in [4.69, 9.17) is 4.42 Å². The van der Waals surface area contributed by atoms with E-state index in [0.29, 0.717) is 11.3 Å². The van der Waals surface area contributed by atoms with Crippen molar-refractivity contribution >= 4 is 0 Å². The number of furan rings is 1. The maximum absolute atomic E-state index is 13.3. The zero-order chi connectivity index (χ0) is 10.1. The maximum atomic E-state index is 13.3. The molecule has 1 aromatic carbocycles. The number of aryl methyl sites for hydroxylation is 1. The average Bonchev–Trinajstić information content (AvgIpc) is 2.51. The van der Waals surface area contributed by atoms with Gasteiger partial charge >= 0.3 is 0 Å². The van der Waals surface area contributed by atoms with Gasteiger partial charge in [-0.3, -0.25) is 0 Å². The van der Waals surface area contributed by atoms with E-state index in [1.807, 2.05) is 0 Å². The lowest BCUT2D eigenvalue weighted by Crippen LogP contribution is -1.87. The first-order chi connectivity index (χ1) is 6.68. The van der Waals surface area contributed by atoms with Gasteiger partial charge in [-0.2, -0.15) is 0 Å². The van der Waals surface area contributed by atoms with E-state index in [2.05, 4.69) is 0 Å². The highest BCUT2D eigenvalue weighted by Crippen LogP contribution is 2.27. The quantitative estimate of drug-likeness (QED) is 0.676. The van der Waals surface area contributed by atoms with Crippen LogP contribution < -0.4 is 0 Å². The summed E-state index contributed by atoms with van der Waals surface area (Å²) in [7, 11) is 0. The molecule has 0 atom stereocenters. The molecular formula is C11H8F2O. The van der Waals surface area contributed by atoms with Gasteiger partial charge in [0.15, 0.2) is 0 Å². The molecule has 0 bridgehead atoms. The zero-order valence-corrected chi connectivity index (χ0v) is 7.55. The fraction of sp³-hybridized carbons (Fsp3) is 0.0909. The second-order valence-corrected chi connectivity index (χ2v) is 3.04. The molecule has 0 radical (unpaired) electrons. The molecule has 1 aromatic heterocycles. The number of hydrogen-bond acceptors (Lipinski definition) is 1. The van der Waals surface area contributed by atoms with E-state index in [9.17, 15) is 8.78 Å². The van der Waals surface area contributed by atoms with Gasteiger partial charge in [-0.15, -0.1) is 0 Å². The van der Waals surface area contributed by atoms with E-state index in [1.165, 1.54) is 24.5 Å². The first-order valence-corrected chi connectivity index (χ1v) is 4.18. The van der Waals surface area contributed by atoms with E-state index in [0.717, 1.165) is 0 Å². The normalized spacial score (nSPS) is 10.5. The molecule has 0 unspecified atom stereocenters. The van der Waals surface area contributed by atoms with Crippen molar-refractivity contribution in [2.75, 3.05) is 0 Å². The van der Waals surface area contributed by atoms with Crippen molar-refractivity contribution in [3.63, 3.8) is 0 Å². The van der Waals surface area contributed by atoms with Crippen molar-refractivity contribution in [1.29, 1.82) is 0 Å². The third-order valence-corrected chi connectivity index (χ3v) is 1.98. The number of rotatable bonds is 1. The van der Waals surface area contributed by atoms with Gasteiger partial charge in [-0.25, -0.2) is 8.78 Å².